The molecule has 9 heteroatoms. The molecule has 3 heterocycles. The average Bonchev–Trinajstić information content (AvgIpc) is 3.69. The lowest BCUT2D eigenvalue weighted by Crippen LogP contribution is -2.60. The Hall–Kier alpha value is -0.810. The summed E-state index contributed by atoms with van der Waals surface area (Å²) >= 11 is 0. The van der Waals surface area contributed by atoms with Gasteiger partial charge in [0.25, 0.3) is 0 Å². The van der Waals surface area contributed by atoms with Crippen LogP contribution in [0.2, 0.25) is 0 Å². The first-order chi connectivity index (χ1) is 23.5. The number of ether oxygens (including phenoxy) is 5. The molecule has 2 N–H and O–H groups in total. The Labute approximate surface area is 300 Å². The Kier molecular flexibility index (Phi) is 8.75. The van der Waals surface area contributed by atoms with Crippen molar-refractivity contribution in [3.05, 3.63) is 0 Å². The number of aliphatic hydroxyl groups is 2. The SMILES string of the molecule is CC(=O)O[C@@H]([C@H]1CC(C)C2[C@H](O1)[C@H](O)[C@@]1(C)[C@@H]3CC[C@H]4C(C)(C)[C@@H](O[C@H]5CN(C6CCOCC6)CCO5)CC[C@@]45C[C@@]35CC[C@]21C)C(C)(C)O. The van der Waals surface area contributed by atoms with Gasteiger partial charge in [-0.2, -0.15) is 0 Å². The van der Waals surface area contributed by atoms with E-state index in [9.17, 15) is 15.0 Å². The monoisotopic (exact) mass is 701 g/mol. The molecule has 5 aliphatic carbocycles. The van der Waals surface area contributed by atoms with Crippen molar-refractivity contribution in [1.82, 2.24) is 4.90 Å². The summed E-state index contributed by atoms with van der Waals surface area (Å²) in [4.78, 5) is 14.7. The van der Waals surface area contributed by atoms with Gasteiger partial charge in [-0.05, 0) is 123 Å². The third kappa shape index (κ3) is 5.05. The molecule has 3 aliphatic heterocycles. The van der Waals surface area contributed by atoms with Gasteiger partial charge >= 0.3 is 5.97 Å². The number of carbonyl (C=O) groups is 1. The molecule has 8 fully saturated rings. The molecule has 5 saturated carbocycles. The Morgan fingerprint density at radius 3 is 2.36 bits per heavy atom. The van der Waals surface area contributed by atoms with Crippen LogP contribution in [0.3, 0.4) is 0 Å². The van der Waals surface area contributed by atoms with E-state index in [1.807, 2.05) is 0 Å². The second kappa shape index (κ2) is 12.1. The van der Waals surface area contributed by atoms with E-state index in [0.29, 0.717) is 29.7 Å². The first-order valence-electron chi connectivity index (χ1n) is 20.3. The number of esters is 1. The van der Waals surface area contributed by atoms with Gasteiger partial charge in [0, 0.05) is 44.7 Å². The van der Waals surface area contributed by atoms with Gasteiger partial charge in [0.1, 0.15) is 0 Å². The molecule has 0 amide bonds. The molecule has 284 valence electrons. The Morgan fingerprint density at radius 1 is 0.960 bits per heavy atom. The van der Waals surface area contributed by atoms with Crippen molar-refractivity contribution >= 4 is 5.97 Å². The second-order valence-corrected chi connectivity index (χ2v) is 20.0. The van der Waals surface area contributed by atoms with E-state index in [2.05, 4.69) is 39.5 Å². The lowest BCUT2D eigenvalue weighted by molar-refractivity contribution is -0.252. The second-order valence-electron chi connectivity index (χ2n) is 20.0. The molecule has 0 aromatic rings. The highest BCUT2D eigenvalue weighted by molar-refractivity contribution is 5.66. The minimum atomic E-state index is -1.25. The van der Waals surface area contributed by atoms with Crippen molar-refractivity contribution in [2.45, 2.75) is 168 Å². The molecule has 8 aliphatic rings. The van der Waals surface area contributed by atoms with Crippen molar-refractivity contribution < 1.29 is 38.7 Å². The molecular formula is C41H67NO8. The predicted octanol–water partition coefficient (Wildman–Crippen LogP) is 5.72. The zero-order valence-electron chi connectivity index (χ0n) is 32.2. The first-order valence-corrected chi connectivity index (χ1v) is 20.3. The number of rotatable bonds is 6. The van der Waals surface area contributed by atoms with Gasteiger partial charge in [-0.3, -0.25) is 9.69 Å². The number of carbonyl (C=O) groups excluding carboxylic acids is 1. The summed E-state index contributed by atoms with van der Waals surface area (Å²) in [7, 11) is 0. The quantitative estimate of drug-likeness (QED) is 0.336. The van der Waals surface area contributed by atoms with Gasteiger partial charge in [0.05, 0.1) is 36.6 Å². The molecule has 14 atom stereocenters. The van der Waals surface area contributed by atoms with Crippen LogP contribution in [-0.4, -0.2) is 102 Å². The maximum Gasteiger partial charge on any atom is 0.303 e. The van der Waals surface area contributed by atoms with Crippen molar-refractivity contribution in [3.8, 4) is 0 Å². The van der Waals surface area contributed by atoms with Gasteiger partial charge in [-0.15, -0.1) is 0 Å². The molecule has 50 heavy (non-hydrogen) atoms. The van der Waals surface area contributed by atoms with Gasteiger partial charge in [0.15, 0.2) is 12.4 Å². The summed E-state index contributed by atoms with van der Waals surface area (Å²) in [6.07, 6.45) is 8.99. The van der Waals surface area contributed by atoms with Gasteiger partial charge in [0.2, 0.25) is 0 Å². The minimum absolute atomic E-state index is 0.0502. The normalized spacial score (nSPS) is 51.0. The maximum absolute atomic E-state index is 12.6. The molecule has 0 bridgehead atoms. The standard InChI is InChI=1S/C41H67NO8/c1-24-21-27(35(37(5,6)45)48-25(2)43)49-33-32(24)38(7)15-16-41-23-40(41)14-11-30(36(3,4)28(40)9-10-29(41)39(38,8)34(33)44)50-31-22-42(17-20-47-31)26-12-18-46-19-13-26/h24,26-35,44-45H,9-23H2,1-8H3/t24?,27-,28+,29+,30+,31+,32?,33+,34+,35+,38-,39-,40-,41+/m1/s1. The summed E-state index contributed by atoms with van der Waals surface area (Å²) in [6.45, 7) is 21.2. The van der Waals surface area contributed by atoms with Crippen LogP contribution >= 0.6 is 0 Å². The summed E-state index contributed by atoms with van der Waals surface area (Å²) in [5.74, 6) is 1.13. The Morgan fingerprint density at radius 2 is 1.66 bits per heavy atom. The van der Waals surface area contributed by atoms with Crippen LogP contribution in [0.1, 0.15) is 120 Å². The largest absolute Gasteiger partial charge is 0.457 e. The highest BCUT2D eigenvalue weighted by atomic mass is 16.7. The summed E-state index contributed by atoms with van der Waals surface area (Å²) in [5, 5.41) is 23.7. The zero-order chi connectivity index (χ0) is 35.6. The van der Waals surface area contributed by atoms with Gasteiger partial charge < -0.3 is 33.9 Å². The molecule has 9 nitrogen and oxygen atoms in total. The third-order valence-corrected chi connectivity index (χ3v) is 17.2. The highest BCUT2D eigenvalue weighted by Crippen LogP contribution is 2.89. The van der Waals surface area contributed by atoms with E-state index in [0.717, 1.165) is 65.0 Å². The van der Waals surface area contributed by atoms with Crippen LogP contribution in [0.25, 0.3) is 0 Å². The number of nitrogens with zero attached hydrogens (tertiary/aromatic N) is 1. The smallest absolute Gasteiger partial charge is 0.303 e. The van der Waals surface area contributed by atoms with Crippen LogP contribution in [0.4, 0.5) is 0 Å². The molecular weight excluding hydrogens is 634 g/mol. The van der Waals surface area contributed by atoms with E-state index >= 15 is 0 Å². The molecule has 2 spiro atoms. The molecule has 0 radical (unpaired) electrons. The van der Waals surface area contributed by atoms with E-state index in [-0.39, 0.29) is 52.0 Å². The van der Waals surface area contributed by atoms with Crippen LogP contribution < -0.4 is 0 Å². The number of aliphatic hydroxyl groups excluding tert-OH is 1. The molecule has 0 aromatic heterocycles. The molecule has 2 unspecified atom stereocenters. The van der Waals surface area contributed by atoms with Crippen LogP contribution in [0.15, 0.2) is 0 Å². The van der Waals surface area contributed by atoms with E-state index in [4.69, 9.17) is 23.7 Å². The Balaban J connectivity index is 1.01. The topological polar surface area (TPSA) is 107 Å². The minimum Gasteiger partial charge on any atom is -0.457 e. The molecule has 3 saturated heterocycles. The van der Waals surface area contributed by atoms with E-state index in [1.54, 1.807) is 13.8 Å². The number of hydrogen-bond acceptors (Lipinski definition) is 9. The lowest BCUT2D eigenvalue weighted by Gasteiger charge is -2.64. The van der Waals surface area contributed by atoms with Crippen molar-refractivity contribution in [3.63, 3.8) is 0 Å². The summed E-state index contributed by atoms with van der Waals surface area (Å²) in [5.41, 5.74) is -0.949. The van der Waals surface area contributed by atoms with Crippen LogP contribution in [-0.2, 0) is 28.5 Å². The summed E-state index contributed by atoms with van der Waals surface area (Å²) in [6, 6.07) is 0.576. The number of fused-ring (bicyclic) bond motifs is 4. The highest BCUT2D eigenvalue weighted by Gasteiger charge is 2.84. The first kappa shape index (κ1) is 36.2. The number of hydrogen-bond donors (Lipinski definition) is 2. The molecule has 8 rings (SSSR count). The fourth-order valence-electron chi connectivity index (χ4n) is 14.9. The molecule has 0 aromatic carbocycles. The predicted molar refractivity (Wildman–Crippen MR) is 188 cm³/mol. The van der Waals surface area contributed by atoms with Crippen molar-refractivity contribution in [1.29, 1.82) is 0 Å². The third-order valence-electron chi connectivity index (χ3n) is 17.2. The summed E-state index contributed by atoms with van der Waals surface area (Å²) < 4.78 is 31.5. The van der Waals surface area contributed by atoms with E-state index < -0.39 is 29.9 Å². The van der Waals surface area contributed by atoms with Crippen LogP contribution in [0.5, 0.6) is 0 Å². The lowest BCUT2D eigenvalue weighted by atomic mass is 9.41. The van der Waals surface area contributed by atoms with Gasteiger partial charge in [-0.1, -0.05) is 34.6 Å². The fourth-order valence-corrected chi connectivity index (χ4v) is 14.9. The van der Waals surface area contributed by atoms with Crippen LogP contribution in [0, 0.1) is 50.7 Å². The zero-order valence-corrected chi connectivity index (χ0v) is 32.2. The fraction of sp³-hybridized carbons (Fsp3) is 0.976. The van der Waals surface area contributed by atoms with E-state index in [1.165, 1.54) is 32.6 Å². The van der Waals surface area contributed by atoms with Gasteiger partial charge in [-0.25, -0.2) is 0 Å². The number of morpholine rings is 1. The van der Waals surface area contributed by atoms with Crippen molar-refractivity contribution in [2.75, 3.05) is 32.9 Å². The Bertz CT molecular complexity index is 1310. The maximum atomic E-state index is 12.6. The average molecular weight is 702 g/mol. The van der Waals surface area contributed by atoms with Crippen molar-refractivity contribution in [2.24, 2.45) is 50.7 Å².